The highest BCUT2D eigenvalue weighted by molar-refractivity contribution is 7.99. The minimum Gasteiger partial charge on any atom is -0.486 e. The first-order chi connectivity index (χ1) is 14.1. The molecule has 0 radical (unpaired) electrons. The highest BCUT2D eigenvalue weighted by Gasteiger charge is 2.16. The van der Waals surface area contributed by atoms with E-state index in [4.69, 9.17) is 41.8 Å². The van der Waals surface area contributed by atoms with Gasteiger partial charge in [0.2, 0.25) is 0 Å². The van der Waals surface area contributed by atoms with Crippen LogP contribution in [0.3, 0.4) is 0 Å². The maximum absolute atomic E-state index is 12.4. The lowest BCUT2D eigenvalue weighted by Gasteiger charge is -2.18. The normalized spacial score (nSPS) is 12.6. The predicted octanol–water partition coefficient (Wildman–Crippen LogP) is 4.70. The minimum absolute atomic E-state index is 0.0466. The van der Waals surface area contributed by atoms with E-state index in [2.05, 4.69) is 10.2 Å². The highest BCUT2D eigenvalue weighted by atomic mass is 35.5. The summed E-state index contributed by atoms with van der Waals surface area (Å²) >= 11 is 13.1. The summed E-state index contributed by atoms with van der Waals surface area (Å²) < 4.78 is 22.0. The predicted molar refractivity (Wildman–Crippen MR) is 108 cm³/mol. The first-order valence-electron chi connectivity index (χ1n) is 8.54. The van der Waals surface area contributed by atoms with Crippen LogP contribution in [-0.2, 0) is 6.61 Å². The molecule has 1 aromatic heterocycles. The molecule has 0 amide bonds. The Hall–Kier alpha value is -2.42. The van der Waals surface area contributed by atoms with E-state index in [1.807, 2.05) is 0 Å². The van der Waals surface area contributed by atoms with E-state index in [-0.39, 0.29) is 29.3 Å². The van der Waals surface area contributed by atoms with Crippen LogP contribution < -0.4 is 14.2 Å². The van der Waals surface area contributed by atoms with Gasteiger partial charge in [-0.3, -0.25) is 4.79 Å². The summed E-state index contributed by atoms with van der Waals surface area (Å²) in [4.78, 5) is 12.4. The van der Waals surface area contributed by atoms with Crippen LogP contribution in [0, 0.1) is 0 Å². The molecular weight excluding hydrogens is 439 g/mol. The molecule has 0 saturated carbocycles. The standard InChI is InChI=1S/C19H14Cl2N2O5S/c20-12-2-4-15(13(21)8-12)27-9-18-22-23-19(28-18)29-10-14(24)11-1-3-16-17(7-11)26-6-5-25-16/h1-4,7-8H,5-6,9-10H2. The number of hydrogen-bond acceptors (Lipinski definition) is 8. The summed E-state index contributed by atoms with van der Waals surface area (Å²) in [5.41, 5.74) is 0.530. The Labute approximate surface area is 180 Å². The first kappa shape index (κ1) is 19.9. The fourth-order valence-electron chi connectivity index (χ4n) is 2.51. The van der Waals surface area contributed by atoms with E-state index in [0.29, 0.717) is 46.1 Å². The quantitative estimate of drug-likeness (QED) is 0.376. The van der Waals surface area contributed by atoms with Crippen LogP contribution >= 0.6 is 35.0 Å². The number of hydrogen-bond donors (Lipinski definition) is 0. The van der Waals surface area contributed by atoms with Gasteiger partial charge in [0.15, 0.2) is 23.9 Å². The lowest BCUT2D eigenvalue weighted by atomic mass is 10.1. The van der Waals surface area contributed by atoms with Crippen molar-refractivity contribution in [2.75, 3.05) is 19.0 Å². The molecule has 3 aromatic rings. The van der Waals surface area contributed by atoms with E-state index in [1.165, 1.54) is 0 Å². The van der Waals surface area contributed by atoms with E-state index in [1.54, 1.807) is 36.4 Å². The number of ether oxygens (including phenoxy) is 3. The van der Waals surface area contributed by atoms with Gasteiger partial charge in [-0.05, 0) is 36.4 Å². The van der Waals surface area contributed by atoms with Gasteiger partial charge < -0.3 is 18.6 Å². The van der Waals surface area contributed by atoms with Crippen molar-refractivity contribution >= 4 is 40.7 Å². The number of carbonyl (C=O) groups excluding carboxylic acids is 1. The fraction of sp³-hybridized carbons (Fsp3) is 0.211. The van der Waals surface area contributed by atoms with Gasteiger partial charge in [0, 0.05) is 10.6 Å². The van der Waals surface area contributed by atoms with Crippen LogP contribution in [-0.4, -0.2) is 34.9 Å². The van der Waals surface area contributed by atoms with Crippen molar-refractivity contribution < 1.29 is 23.4 Å². The summed E-state index contributed by atoms with van der Waals surface area (Å²) in [7, 11) is 0. The molecule has 0 unspecified atom stereocenters. The maximum atomic E-state index is 12.4. The zero-order valence-corrected chi connectivity index (χ0v) is 17.2. The maximum Gasteiger partial charge on any atom is 0.277 e. The third kappa shape index (κ3) is 4.95. The van der Waals surface area contributed by atoms with Crippen LogP contribution in [0.25, 0.3) is 0 Å². The Balaban J connectivity index is 1.31. The molecule has 0 N–H and O–H groups in total. The van der Waals surface area contributed by atoms with Gasteiger partial charge in [-0.25, -0.2) is 0 Å². The van der Waals surface area contributed by atoms with Gasteiger partial charge in [-0.1, -0.05) is 35.0 Å². The molecule has 0 saturated heterocycles. The number of fused-ring (bicyclic) bond motifs is 1. The molecule has 2 aromatic carbocycles. The molecule has 1 aliphatic rings. The Kier molecular flexibility index (Phi) is 6.13. The van der Waals surface area contributed by atoms with Crippen molar-refractivity contribution in [3.05, 3.63) is 57.9 Å². The molecule has 7 nitrogen and oxygen atoms in total. The molecule has 29 heavy (non-hydrogen) atoms. The minimum atomic E-state index is -0.0871. The average Bonchev–Trinajstić information content (AvgIpc) is 3.19. The van der Waals surface area contributed by atoms with E-state index in [0.717, 1.165) is 11.8 Å². The summed E-state index contributed by atoms with van der Waals surface area (Å²) in [6.45, 7) is 1.02. The molecular formula is C19H14Cl2N2O5S. The van der Waals surface area contributed by atoms with Crippen molar-refractivity contribution in [3.8, 4) is 17.2 Å². The van der Waals surface area contributed by atoms with Gasteiger partial charge in [-0.2, -0.15) is 0 Å². The Morgan fingerprint density at radius 1 is 1.07 bits per heavy atom. The average molecular weight is 453 g/mol. The third-order valence-corrected chi connectivity index (χ3v) is 5.23. The number of aromatic nitrogens is 2. The number of Topliss-reactive ketones (excluding diaryl/α,β-unsaturated/α-hetero) is 1. The smallest absolute Gasteiger partial charge is 0.277 e. The van der Waals surface area contributed by atoms with Crippen LogP contribution in [0.15, 0.2) is 46.0 Å². The van der Waals surface area contributed by atoms with E-state index < -0.39 is 0 Å². The first-order valence-corrected chi connectivity index (χ1v) is 10.3. The van der Waals surface area contributed by atoms with Crippen LogP contribution in [0.5, 0.6) is 17.2 Å². The van der Waals surface area contributed by atoms with Gasteiger partial charge in [0.05, 0.1) is 10.8 Å². The van der Waals surface area contributed by atoms with Gasteiger partial charge >= 0.3 is 0 Å². The second-order valence-corrected chi connectivity index (χ2v) is 7.67. The summed E-state index contributed by atoms with van der Waals surface area (Å²) in [5.74, 6) is 2.00. The van der Waals surface area contributed by atoms with Gasteiger partial charge in [0.25, 0.3) is 11.1 Å². The van der Waals surface area contributed by atoms with E-state index in [9.17, 15) is 4.79 Å². The van der Waals surface area contributed by atoms with E-state index >= 15 is 0 Å². The number of thioether (sulfide) groups is 1. The molecule has 4 rings (SSSR count). The SMILES string of the molecule is O=C(CSc1nnc(COc2ccc(Cl)cc2Cl)o1)c1ccc2c(c1)OCCO2. The van der Waals surface area contributed by atoms with Crippen molar-refractivity contribution in [1.82, 2.24) is 10.2 Å². The molecule has 0 bridgehead atoms. The zero-order valence-electron chi connectivity index (χ0n) is 14.9. The molecule has 0 atom stereocenters. The third-order valence-electron chi connectivity index (χ3n) is 3.88. The van der Waals surface area contributed by atoms with Crippen molar-refractivity contribution in [3.63, 3.8) is 0 Å². The molecule has 2 heterocycles. The Bertz CT molecular complexity index is 1040. The lowest BCUT2D eigenvalue weighted by molar-refractivity contribution is 0.102. The largest absolute Gasteiger partial charge is 0.486 e. The van der Waals surface area contributed by atoms with Crippen molar-refractivity contribution in [1.29, 1.82) is 0 Å². The number of carbonyl (C=O) groups is 1. The van der Waals surface area contributed by atoms with Gasteiger partial charge in [0.1, 0.15) is 19.0 Å². The molecule has 0 fully saturated rings. The summed E-state index contributed by atoms with van der Waals surface area (Å²) in [6, 6.07) is 10.0. The van der Waals surface area contributed by atoms with Crippen molar-refractivity contribution in [2.45, 2.75) is 11.8 Å². The number of ketones is 1. The zero-order chi connectivity index (χ0) is 20.2. The van der Waals surface area contributed by atoms with Gasteiger partial charge in [-0.15, -0.1) is 10.2 Å². The van der Waals surface area contributed by atoms with Crippen LogP contribution in [0.4, 0.5) is 0 Å². The highest BCUT2D eigenvalue weighted by Crippen LogP contribution is 2.31. The molecule has 0 aliphatic carbocycles. The molecule has 10 heteroatoms. The van der Waals surface area contributed by atoms with Crippen LogP contribution in [0.1, 0.15) is 16.2 Å². The number of rotatable bonds is 7. The summed E-state index contributed by atoms with van der Waals surface area (Å²) in [6.07, 6.45) is 0. The lowest BCUT2D eigenvalue weighted by Crippen LogP contribution is -2.16. The topological polar surface area (TPSA) is 83.7 Å². The second kappa shape index (κ2) is 8.94. The monoisotopic (exact) mass is 452 g/mol. The van der Waals surface area contributed by atoms with Crippen LogP contribution in [0.2, 0.25) is 10.0 Å². The second-order valence-electron chi connectivity index (χ2n) is 5.90. The van der Waals surface area contributed by atoms with Crippen molar-refractivity contribution in [2.24, 2.45) is 0 Å². The summed E-state index contributed by atoms with van der Waals surface area (Å²) in [5, 5.41) is 9.00. The number of benzene rings is 2. The number of nitrogens with zero attached hydrogens (tertiary/aromatic N) is 2. The molecule has 1 aliphatic heterocycles. The Morgan fingerprint density at radius 3 is 2.72 bits per heavy atom. The fourth-order valence-corrected chi connectivity index (χ4v) is 3.65. The Morgan fingerprint density at radius 2 is 1.90 bits per heavy atom. The molecule has 0 spiro atoms. The number of halogens is 2. The molecule has 150 valence electrons.